The van der Waals surface area contributed by atoms with Gasteiger partial charge in [0.1, 0.15) is 0 Å². The number of carbonyl (C=O) groups excluding carboxylic acids is 2. The van der Waals surface area contributed by atoms with Crippen LogP contribution in [0.25, 0.3) is 0 Å². The minimum atomic E-state index is -0.934. The van der Waals surface area contributed by atoms with E-state index >= 15 is 0 Å². The number of hydrogen-bond acceptors (Lipinski definition) is 4. The van der Waals surface area contributed by atoms with Crippen LogP contribution >= 0.6 is 0 Å². The van der Waals surface area contributed by atoms with Gasteiger partial charge in [-0.2, -0.15) is 0 Å². The molecule has 0 aromatic heterocycles. The second-order valence-electron chi connectivity index (χ2n) is 5.43. The molecule has 0 aliphatic carbocycles. The third kappa shape index (κ3) is 1.70. The quantitative estimate of drug-likeness (QED) is 0.624. The van der Waals surface area contributed by atoms with Crippen molar-refractivity contribution in [2.45, 2.75) is 45.6 Å². The van der Waals surface area contributed by atoms with Crippen molar-refractivity contribution in [1.29, 1.82) is 0 Å². The first-order valence-corrected chi connectivity index (χ1v) is 5.43. The maximum absolute atomic E-state index is 11.8. The van der Waals surface area contributed by atoms with Crippen molar-refractivity contribution < 1.29 is 14.4 Å². The molecule has 1 unspecified atom stereocenters. The van der Waals surface area contributed by atoms with Crippen LogP contribution in [0.15, 0.2) is 5.16 Å². The van der Waals surface area contributed by atoms with Gasteiger partial charge in [-0.25, -0.2) is 0 Å². The van der Waals surface area contributed by atoms with E-state index in [9.17, 15) is 9.59 Å². The van der Waals surface area contributed by atoms with Gasteiger partial charge in [-0.1, -0.05) is 25.9 Å². The predicted molar refractivity (Wildman–Crippen MR) is 57.7 cm³/mol. The molecule has 2 heterocycles. The molecule has 88 valence electrons. The highest BCUT2D eigenvalue weighted by Crippen LogP contribution is 2.36. The number of hydrogen-bond donors (Lipinski definition) is 1. The molecule has 0 aromatic carbocycles. The molecular formula is C11H16N2O3. The van der Waals surface area contributed by atoms with Gasteiger partial charge in [-0.05, 0) is 0 Å². The van der Waals surface area contributed by atoms with Gasteiger partial charge in [-0.15, -0.1) is 0 Å². The van der Waals surface area contributed by atoms with E-state index in [0.29, 0.717) is 19.3 Å². The lowest BCUT2D eigenvalue weighted by Gasteiger charge is -2.29. The van der Waals surface area contributed by atoms with E-state index in [1.807, 2.05) is 20.8 Å². The summed E-state index contributed by atoms with van der Waals surface area (Å²) in [7, 11) is 0. The summed E-state index contributed by atoms with van der Waals surface area (Å²) in [5.74, 6) is -0.588. The number of rotatable bonds is 0. The molecule has 0 saturated carbocycles. The lowest BCUT2D eigenvalue weighted by Crippen LogP contribution is -2.54. The molecule has 2 amide bonds. The third-order valence-corrected chi connectivity index (χ3v) is 3.07. The van der Waals surface area contributed by atoms with E-state index < -0.39 is 5.60 Å². The van der Waals surface area contributed by atoms with Gasteiger partial charge in [0.2, 0.25) is 11.5 Å². The van der Waals surface area contributed by atoms with E-state index in [0.717, 1.165) is 5.71 Å². The van der Waals surface area contributed by atoms with Crippen molar-refractivity contribution in [3.63, 3.8) is 0 Å². The molecule has 1 fully saturated rings. The summed E-state index contributed by atoms with van der Waals surface area (Å²) in [5, 5.41) is 6.31. The maximum atomic E-state index is 11.8. The number of amides is 2. The number of imide groups is 1. The topological polar surface area (TPSA) is 67.8 Å². The molecule has 0 aromatic rings. The Kier molecular flexibility index (Phi) is 2.29. The Morgan fingerprint density at radius 1 is 1.38 bits per heavy atom. The fourth-order valence-electron chi connectivity index (χ4n) is 1.87. The van der Waals surface area contributed by atoms with Crippen molar-refractivity contribution in [2.75, 3.05) is 0 Å². The monoisotopic (exact) mass is 224 g/mol. The highest BCUT2D eigenvalue weighted by atomic mass is 16.7. The summed E-state index contributed by atoms with van der Waals surface area (Å²) < 4.78 is 0. The zero-order chi connectivity index (χ0) is 12.0. The summed E-state index contributed by atoms with van der Waals surface area (Å²) in [5.41, 5.74) is -0.168. The van der Waals surface area contributed by atoms with E-state index in [4.69, 9.17) is 4.84 Å². The van der Waals surface area contributed by atoms with Crippen LogP contribution in [-0.2, 0) is 14.4 Å². The molecule has 1 spiro atoms. The van der Waals surface area contributed by atoms with Gasteiger partial charge in [0, 0.05) is 24.7 Å². The van der Waals surface area contributed by atoms with Gasteiger partial charge in [0.15, 0.2) is 0 Å². The van der Waals surface area contributed by atoms with E-state index in [-0.39, 0.29) is 17.2 Å². The van der Waals surface area contributed by atoms with Crippen LogP contribution in [-0.4, -0.2) is 23.1 Å². The maximum Gasteiger partial charge on any atom is 0.274 e. The largest absolute Gasteiger partial charge is 0.379 e. The van der Waals surface area contributed by atoms with Gasteiger partial charge < -0.3 is 4.84 Å². The standard InChI is InChI=1S/C11H16N2O3/c1-10(2,3)7-6-11(16-13-7)5-4-8(14)12-9(11)15/h4-6H2,1-3H3,(H,12,14,15). The number of oxime groups is 1. The molecule has 0 radical (unpaired) electrons. The van der Waals surface area contributed by atoms with Crippen LogP contribution in [0.4, 0.5) is 0 Å². The predicted octanol–water partition coefficient (Wildman–Crippen LogP) is 0.984. The fraction of sp³-hybridized carbons (Fsp3) is 0.727. The number of piperidine rings is 1. The summed E-state index contributed by atoms with van der Waals surface area (Å²) in [4.78, 5) is 28.1. The third-order valence-electron chi connectivity index (χ3n) is 3.07. The van der Waals surface area contributed by atoms with Gasteiger partial charge in [-0.3, -0.25) is 14.9 Å². The summed E-state index contributed by atoms with van der Waals surface area (Å²) in [6, 6.07) is 0. The molecule has 2 aliphatic heterocycles. The van der Waals surface area contributed by atoms with Crippen LogP contribution in [0.3, 0.4) is 0 Å². The molecule has 2 aliphatic rings. The van der Waals surface area contributed by atoms with Crippen molar-refractivity contribution >= 4 is 17.5 Å². The van der Waals surface area contributed by atoms with E-state index in [1.165, 1.54) is 0 Å². The van der Waals surface area contributed by atoms with Crippen molar-refractivity contribution in [3.05, 3.63) is 0 Å². The Hall–Kier alpha value is -1.39. The number of carbonyl (C=O) groups is 2. The van der Waals surface area contributed by atoms with Crippen LogP contribution in [0.2, 0.25) is 0 Å². The first-order valence-electron chi connectivity index (χ1n) is 5.43. The average molecular weight is 224 g/mol. The summed E-state index contributed by atoms with van der Waals surface area (Å²) >= 11 is 0. The first-order chi connectivity index (χ1) is 7.33. The first kappa shape index (κ1) is 11.1. The highest BCUT2D eigenvalue weighted by Gasteiger charge is 2.51. The lowest BCUT2D eigenvalue weighted by molar-refractivity contribution is -0.153. The second-order valence-corrected chi connectivity index (χ2v) is 5.43. The zero-order valence-electron chi connectivity index (χ0n) is 9.79. The Morgan fingerprint density at radius 3 is 2.56 bits per heavy atom. The van der Waals surface area contributed by atoms with Crippen LogP contribution in [0.1, 0.15) is 40.0 Å². The zero-order valence-corrected chi connectivity index (χ0v) is 9.79. The molecular weight excluding hydrogens is 208 g/mol. The van der Waals surface area contributed by atoms with E-state index in [1.54, 1.807) is 0 Å². The molecule has 0 bridgehead atoms. The van der Waals surface area contributed by atoms with Gasteiger partial charge >= 0.3 is 0 Å². The summed E-state index contributed by atoms with van der Waals surface area (Å²) in [6.07, 6.45) is 1.22. The molecule has 1 N–H and O–H groups in total. The van der Waals surface area contributed by atoms with Crippen molar-refractivity contribution in [2.24, 2.45) is 10.6 Å². The van der Waals surface area contributed by atoms with Gasteiger partial charge in [0.25, 0.3) is 5.91 Å². The number of nitrogens with zero attached hydrogens (tertiary/aromatic N) is 1. The molecule has 16 heavy (non-hydrogen) atoms. The van der Waals surface area contributed by atoms with Crippen LogP contribution < -0.4 is 5.32 Å². The number of nitrogens with one attached hydrogen (secondary N) is 1. The Morgan fingerprint density at radius 2 is 2.06 bits per heavy atom. The molecule has 5 nitrogen and oxygen atoms in total. The lowest BCUT2D eigenvalue weighted by atomic mass is 9.80. The normalized spacial score (nSPS) is 30.1. The highest BCUT2D eigenvalue weighted by molar-refractivity contribution is 6.06. The molecule has 1 atom stereocenters. The minimum absolute atomic E-state index is 0.106. The van der Waals surface area contributed by atoms with Crippen LogP contribution in [0.5, 0.6) is 0 Å². The second kappa shape index (κ2) is 3.30. The fourth-order valence-corrected chi connectivity index (χ4v) is 1.87. The minimum Gasteiger partial charge on any atom is -0.379 e. The summed E-state index contributed by atoms with van der Waals surface area (Å²) in [6.45, 7) is 6.08. The van der Waals surface area contributed by atoms with Gasteiger partial charge in [0.05, 0.1) is 5.71 Å². The van der Waals surface area contributed by atoms with Crippen LogP contribution in [0, 0.1) is 5.41 Å². The average Bonchev–Trinajstić information content (AvgIpc) is 2.57. The van der Waals surface area contributed by atoms with E-state index in [2.05, 4.69) is 10.5 Å². The SMILES string of the molecule is CC(C)(C)C1=NOC2(CCC(=O)NC2=O)C1. The molecule has 1 saturated heterocycles. The Labute approximate surface area is 94.2 Å². The Bertz CT molecular complexity index is 381. The molecule has 2 rings (SSSR count). The Balaban J connectivity index is 2.15. The smallest absolute Gasteiger partial charge is 0.274 e. The van der Waals surface area contributed by atoms with Crippen molar-refractivity contribution in [1.82, 2.24) is 5.32 Å². The molecule has 5 heteroatoms. The van der Waals surface area contributed by atoms with Crippen molar-refractivity contribution in [3.8, 4) is 0 Å².